The number of fused-ring (bicyclic) bond motifs is 1. The molecule has 0 saturated carbocycles. The summed E-state index contributed by atoms with van der Waals surface area (Å²) in [6.45, 7) is 5.46. The Kier molecular flexibility index (Phi) is 3.01. The molecular weight excluding hydrogens is 264 g/mol. The molecule has 1 fully saturated rings. The summed E-state index contributed by atoms with van der Waals surface area (Å²) < 4.78 is 0. The van der Waals surface area contributed by atoms with Gasteiger partial charge in [0.15, 0.2) is 0 Å². The molecular formula is C16H20N4O. The van der Waals surface area contributed by atoms with Crippen LogP contribution in [0.3, 0.4) is 0 Å². The van der Waals surface area contributed by atoms with Crippen molar-refractivity contribution in [2.75, 3.05) is 30.8 Å². The van der Waals surface area contributed by atoms with E-state index in [1.165, 1.54) is 0 Å². The van der Waals surface area contributed by atoms with Crippen molar-refractivity contribution in [3.8, 4) is 0 Å². The SMILES string of the molecule is CN1CCN(c2ccc(N)c3cnccc23)C(C)(C)C1=O. The third-order valence-electron chi connectivity index (χ3n) is 4.32. The van der Waals surface area contributed by atoms with Gasteiger partial charge in [0.2, 0.25) is 5.91 Å². The molecule has 1 aromatic carbocycles. The number of aromatic nitrogens is 1. The molecule has 2 N–H and O–H groups in total. The molecule has 1 aliphatic rings. The number of nitrogen functional groups attached to an aromatic ring is 1. The van der Waals surface area contributed by atoms with E-state index in [2.05, 4.69) is 9.88 Å². The Morgan fingerprint density at radius 3 is 2.71 bits per heavy atom. The number of carbonyl (C=O) groups is 1. The Morgan fingerprint density at radius 1 is 1.19 bits per heavy atom. The molecule has 3 rings (SSSR count). The van der Waals surface area contributed by atoms with Gasteiger partial charge in [-0.25, -0.2) is 0 Å². The lowest BCUT2D eigenvalue weighted by molar-refractivity contribution is -0.136. The minimum absolute atomic E-state index is 0.132. The normalized spacial score (nSPS) is 18.3. The molecule has 0 spiro atoms. The highest BCUT2D eigenvalue weighted by atomic mass is 16.2. The van der Waals surface area contributed by atoms with E-state index in [1.807, 2.05) is 39.1 Å². The standard InChI is InChI=1S/C16H20N4O/c1-16(2)15(21)19(3)8-9-20(16)14-5-4-13(17)12-10-18-7-6-11(12)14/h4-7,10H,8-9,17H2,1-3H3. The summed E-state index contributed by atoms with van der Waals surface area (Å²) in [5, 5.41) is 1.97. The Labute approximate surface area is 124 Å². The van der Waals surface area contributed by atoms with E-state index in [0.717, 1.165) is 29.5 Å². The van der Waals surface area contributed by atoms with Gasteiger partial charge >= 0.3 is 0 Å². The van der Waals surface area contributed by atoms with Crippen LogP contribution in [0.25, 0.3) is 10.8 Å². The molecule has 110 valence electrons. The van der Waals surface area contributed by atoms with Gasteiger partial charge in [-0.1, -0.05) is 0 Å². The van der Waals surface area contributed by atoms with Crippen molar-refractivity contribution in [2.24, 2.45) is 0 Å². The van der Waals surface area contributed by atoms with Gasteiger partial charge in [-0.3, -0.25) is 9.78 Å². The van der Waals surface area contributed by atoms with E-state index in [0.29, 0.717) is 5.69 Å². The molecule has 1 amide bonds. The average Bonchev–Trinajstić information content (AvgIpc) is 2.47. The fourth-order valence-corrected chi connectivity index (χ4v) is 3.07. The maximum atomic E-state index is 12.5. The van der Waals surface area contributed by atoms with Crippen molar-refractivity contribution in [1.82, 2.24) is 9.88 Å². The second kappa shape index (κ2) is 4.62. The summed E-state index contributed by atoms with van der Waals surface area (Å²) >= 11 is 0. The number of anilines is 2. The van der Waals surface area contributed by atoms with E-state index < -0.39 is 5.54 Å². The van der Waals surface area contributed by atoms with Crippen LogP contribution in [0.5, 0.6) is 0 Å². The minimum atomic E-state index is -0.570. The van der Waals surface area contributed by atoms with Crippen molar-refractivity contribution in [1.29, 1.82) is 0 Å². The molecule has 0 aliphatic carbocycles. The van der Waals surface area contributed by atoms with Crippen LogP contribution in [0.4, 0.5) is 11.4 Å². The Morgan fingerprint density at radius 2 is 1.95 bits per heavy atom. The lowest BCUT2D eigenvalue weighted by Gasteiger charge is -2.46. The zero-order valence-electron chi connectivity index (χ0n) is 12.6. The molecule has 1 saturated heterocycles. The van der Waals surface area contributed by atoms with E-state index in [1.54, 1.807) is 17.3 Å². The predicted molar refractivity (Wildman–Crippen MR) is 85.2 cm³/mol. The third kappa shape index (κ3) is 2.00. The molecule has 21 heavy (non-hydrogen) atoms. The first-order valence-corrected chi connectivity index (χ1v) is 7.08. The molecule has 0 radical (unpaired) electrons. The summed E-state index contributed by atoms with van der Waals surface area (Å²) in [6, 6.07) is 5.84. The van der Waals surface area contributed by atoms with Gasteiger partial charge in [-0.05, 0) is 32.0 Å². The Balaban J connectivity index is 2.17. The Hall–Kier alpha value is -2.30. The highest BCUT2D eigenvalue weighted by Crippen LogP contribution is 2.35. The highest BCUT2D eigenvalue weighted by molar-refractivity contribution is 6.03. The number of likely N-dealkylation sites (N-methyl/N-ethyl adjacent to an activating group) is 1. The topological polar surface area (TPSA) is 62.5 Å². The van der Waals surface area contributed by atoms with Gasteiger partial charge < -0.3 is 15.5 Å². The van der Waals surface area contributed by atoms with Crippen molar-refractivity contribution in [3.05, 3.63) is 30.6 Å². The monoisotopic (exact) mass is 284 g/mol. The molecule has 2 heterocycles. The van der Waals surface area contributed by atoms with Crippen LogP contribution in [0.2, 0.25) is 0 Å². The summed E-state index contributed by atoms with van der Waals surface area (Å²) in [5.74, 6) is 0.132. The zero-order chi connectivity index (χ0) is 15.2. The van der Waals surface area contributed by atoms with Gasteiger partial charge in [0.05, 0.1) is 0 Å². The van der Waals surface area contributed by atoms with Crippen LogP contribution in [0, 0.1) is 0 Å². The van der Waals surface area contributed by atoms with E-state index in [9.17, 15) is 4.79 Å². The average molecular weight is 284 g/mol. The molecule has 1 aliphatic heterocycles. The number of hydrogen-bond donors (Lipinski definition) is 1. The van der Waals surface area contributed by atoms with E-state index in [4.69, 9.17) is 5.73 Å². The Bertz CT molecular complexity index is 710. The third-order valence-corrected chi connectivity index (χ3v) is 4.32. The number of piperazine rings is 1. The van der Waals surface area contributed by atoms with Crippen molar-refractivity contribution in [2.45, 2.75) is 19.4 Å². The molecule has 1 aromatic heterocycles. The number of hydrogen-bond acceptors (Lipinski definition) is 4. The second-order valence-electron chi connectivity index (χ2n) is 6.03. The minimum Gasteiger partial charge on any atom is -0.398 e. The fraction of sp³-hybridized carbons (Fsp3) is 0.375. The number of benzene rings is 1. The second-order valence-corrected chi connectivity index (χ2v) is 6.03. The maximum Gasteiger partial charge on any atom is 0.247 e. The first-order valence-electron chi connectivity index (χ1n) is 7.08. The number of nitrogens with two attached hydrogens (primary N) is 1. The number of amides is 1. The number of pyridine rings is 1. The van der Waals surface area contributed by atoms with Gasteiger partial charge in [0, 0.05) is 54.7 Å². The largest absolute Gasteiger partial charge is 0.398 e. The van der Waals surface area contributed by atoms with Crippen molar-refractivity contribution >= 4 is 28.1 Å². The number of carbonyl (C=O) groups excluding carboxylic acids is 1. The van der Waals surface area contributed by atoms with Crippen LogP contribution in [-0.2, 0) is 4.79 Å². The lowest BCUT2D eigenvalue weighted by atomic mass is 9.95. The van der Waals surface area contributed by atoms with Crippen LogP contribution in [0.15, 0.2) is 30.6 Å². The van der Waals surface area contributed by atoms with Gasteiger partial charge in [-0.15, -0.1) is 0 Å². The van der Waals surface area contributed by atoms with E-state index >= 15 is 0 Å². The van der Waals surface area contributed by atoms with Crippen LogP contribution in [-0.4, -0.2) is 41.5 Å². The summed E-state index contributed by atoms with van der Waals surface area (Å²) in [6.07, 6.45) is 3.54. The molecule has 0 bridgehead atoms. The molecule has 2 aromatic rings. The van der Waals surface area contributed by atoms with E-state index in [-0.39, 0.29) is 5.91 Å². The van der Waals surface area contributed by atoms with Crippen LogP contribution >= 0.6 is 0 Å². The molecule has 0 atom stereocenters. The quantitative estimate of drug-likeness (QED) is 0.812. The fourth-order valence-electron chi connectivity index (χ4n) is 3.07. The summed E-state index contributed by atoms with van der Waals surface area (Å²) in [7, 11) is 1.85. The van der Waals surface area contributed by atoms with Crippen molar-refractivity contribution in [3.63, 3.8) is 0 Å². The molecule has 5 heteroatoms. The summed E-state index contributed by atoms with van der Waals surface area (Å²) in [5.41, 5.74) is 7.21. The van der Waals surface area contributed by atoms with Gasteiger partial charge in [0.25, 0.3) is 0 Å². The van der Waals surface area contributed by atoms with Crippen LogP contribution < -0.4 is 10.6 Å². The maximum absolute atomic E-state index is 12.5. The zero-order valence-corrected chi connectivity index (χ0v) is 12.6. The molecule has 0 unspecified atom stereocenters. The highest BCUT2D eigenvalue weighted by Gasteiger charge is 2.41. The lowest BCUT2D eigenvalue weighted by Crippen LogP contribution is -2.62. The predicted octanol–water partition coefficient (Wildman–Crippen LogP) is 1.87. The summed E-state index contributed by atoms with van der Waals surface area (Å²) in [4.78, 5) is 20.6. The molecule has 5 nitrogen and oxygen atoms in total. The van der Waals surface area contributed by atoms with Crippen molar-refractivity contribution < 1.29 is 4.79 Å². The number of rotatable bonds is 1. The van der Waals surface area contributed by atoms with Gasteiger partial charge in [0.1, 0.15) is 5.54 Å². The van der Waals surface area contributed by atoms with Gasteiger partial charge in [-0.2, -0.15) is 0 Å². The smallest absolute Gasteiger partial charge is 0.247 e. The number of nitrogens with zero attached hydrogens (tertiary/aromatic N) is 3. The first-order chi connectivity index (χ1) is 9.93. The first kappa shape index (κ1) is 13.7. The van der Waals surface area contributed by atoms with Crippen LogP contribution in [0.1, 0.15) is 13.8 Å².